The highest BCUT2D eigenvalue weighted by atomic mass is 15.2. The number of allylic oxidation sites excluding steroid dienone is 1. The van der Waals surface area contributed by atoms with Crippen molar-refractivity contribution in [2.75, 3.05) is 19.5 Å². The molecule has 0 unspecified atom stereocenters. The summed E-state index contributed by atoms with van der Waals surface area (Å²) in [5, 5.41) is 4.64. The highest BCUT2D eigenvalue weighted by molar-refractivity contribution is 5.86. The molecule has 2 aromatic carbocycles. The lowest BCUT2D eigenvalue weighted by Gasteiger charge is -2.23. The van der Waals surface area contributed by atoms with E-state index >= 15 is 0 Å². The lowest BCUT2D eigenvalue weighted by Crippen LogP contribution is -2.26. The Hall–Kier alpha value is -3.34. The summed E-state index contributed by atoms with van der Waals surface area (Å²) >= 11 is 0. The molecule has 1 aliphatic heterocycles. The van der Waals surface area contributed by atoms with Gasteiger partial charge in [-0.15, -0.1) is 0 Å². The quantitative estimate of drug-likeness (QED) is 0.694. The maximum atomic E-state index is 5.97. The Labute approximate surface area is 159 Å². The zero-order valence-electron chi connectivity index (χ0n) is 15.6. The second-order valence-corrected chi connectivity index (χ2v) is 6.90. The van der Waals surface area contributed by atoms with Gasteiger partial charge in [-0.2, -0.15) is 0 Å². The number of nitrogens with two attached hydrogens (primary N) is 1. The molecule has 0 spiro atoms. The first-order valence-corrected chi connectivity index (χ1v) is 9.04. The lowest BCUT2D eigenvalue weighted by molar-refractivity contribution is 0.458. The van der Waals surface area contributed by atoms with Gasteiger partial charge in [0.05, 0.1) is 22.9 Å². The number of nitrogens with zero attached hydrogens (tertiary/aromatic N) is 3. The van der Waals surface area contributed by atoms with Crippen molar-refractivity contribution in [1.29, 1.82) is 0 Å². The zero-order chi connectivity index (χ0) is 18.8. The van der Waals surface area contributed by atoms with Crippen LogP contribution in [-0.2, 0) is 0 Å². The first kappa shape index (κ1) is 17.1. The first-order valence-electron chi connectivity index (χ1n) is 9.04. The maximum absolute atomic E-state index is 5.97. The number of fused-ring (bicyclic) bond motifs is 1. The van der Waals surface area contributed by atoms with Crippen LogP contribution in [0.1, 0.15) is 18.5 Å². The number of nitrogen functional groups attached to an aromatic ring is 1. The average Bonchev–Trinajstić information content (AvgIpc) is 2.67. The molecule has 2 heterocycles. The van der Waals surface area contributed by atoms with Gasteiger partial charge in [0.25, 0.3) is 0 Å². The molecule has 1 aromatic heterocycles. The molecule has 3 N–H and O–H groups in total. The van der Waals surface area contributed by atoms with Crippen molar-refractivity contribution in [1.82, 2.24) is 15.2 Å². The van der Waals surface area contributed by atoms with Crippen LogP contribution in [0.25, 0.3) is 22.2 Å². The summed E-state index contributed by atoms with van der Waals surface area (Å²) in [6.07, 6.45) is 3.95. The number of aromatic nitrogens is 1. The molecule has 1 aliphatic rings. The molecule has 136 valence electrons. The summed E-state index contributed by atoms with van der Waals surface area (Å²) in [7, 11) is 2.01. The van der Waals surface area contributed by atoms with Crippen LogP contribution in [0.3, 0.4) is 0 Å². The third kappa shape index (κ3) is 3.62. The van der Waals surface area contributed by atoms with E-state index in [1.807, 2.05) is 49.7 Å². The number of anilines is 1. The number of benzene rings is 2. The average molecular weight is 357 g/mol. The minimum Gasteiger partial charge on any atom is -0.399 e. The predicted molar refractivity (Wildman–Crippen MR) is 112 cm³/mol. The molecular formula is C22H23N5. The summed E-state index contributed by atoms with van der Waals surface area (Å²) in [6, 6.07) is 18.4. The molecular weight excluding hydrogens is 334 g/mol. The van der Waals surface area contributed by atoms with Crippen molar-refractivity contribution in [3.63, 3.8) is 0 Å². The van der Waals surface area contributed by atoms with Crippen molar-refractivity contribution in [2.24, 2.45) is 4.99 Å². The molecule has 0 saturated heterocycles. The molecule has 1 atom stereocenters. The molecule has 4 rings (SSSR count). The molecule has 3 aromatic rings. The number of aliphatic imine (C=N–C) groups is 1. The van der Waals surface area contributed by atoms with Gasteiger partial charge in [0.15, 0.2) is 0 Å². The summed E-state index contributed by atoms with van der Waals surface area (Å²) in [5.41, 5.74) is 11.8. The van der Waals surface area contributed by atoms with Crippen molar-refractivity contribution in [3.05, 3.63) is 72.1 Å². The fourth-order valence-corrected chi connectivity index (χ4v) is 3.34. The number of rotatable bonds is 4. The number of hydrogen-bond donors (Lipinski definition) is 2. The second kappa shape index (κ2) is 7.11. The normalized spacial score (nSPS) is 14.9. The van der Waals surface area contributed by atoms with Gasteiger partial charge in [-0.05, 0) is 25.1 Å². The minimum absolute atomic E-state index is 0.0684. The highest BCUT2D eigenvalue weighted by Crippen LogP contribution is 2.31. The van der Waals surface area contributed by atoms with Gasteiger partial charge >= 0.3 is 0 Å². The Morgan fingerprint density at radius 3 is 2.70 bits per heavy atom. The van der Waals surface area contributed by atoms with E-state index in [2.05, 4.69) is 46.5 Å². The van der Waals surface area contributed by atoms with Crippen LogP contribution in [0.2, 0.25) is 0 Å². The van der Waals surface area contributed by atoms with Crippen LogP contribution in [0.15, 0.2) is 71.5 Å². The van der Waals surface area contributed by atoms with Gasteiger partial charge in [-0.3, -0.25) is 4.99 Å². The highest BCUT2D eigenvalue weighted by Gasteiger charge is 2.16. The van der Waals surface area contributed by atoms with Gasteiger partial charge in [-0.1, -0.05) is 36.4 Å². The predicted octanol–water partition coefficient (Wildman–Crippen LogP) is 3.95. The van der Waals surface area contributed by atoms with Crippen LogP contribution in [-0.4, -0.2) is 29.8 Å². The summed E-state index contributed by atoms with van der Waals surface area (Å²) in [5.74, 6) is 0. The maximum Gasteiger partial charge on any atom is 0.109 e. The Morgan fingerprint density at radius 2 is 1.93 bits per heavy atom. The Kier molecular flexibility index (Phi) is 4.50. The standard InChI is InChI=1S/C22H23N5/c1-15(25-19-12-24-14-27(2)13-19)20-10-17-8-9-18(23)11-21(17)26-22(20)16-6-4-3-5-7-16/h3-13,15,25H,14,23H2,1-2H3/t15-/m0/s1. The third-order valence-electron chi connectivity index (χ3n) is 4.66. The third-order valence-corrected chi connectivity index (χ3v) is 4.66. The van der Waals surface area contributed by atoms with Crippen molar-refractivity contribution >= 4 is 22.8 Å². The van der Waals surface area contributed by atoms with E-state index in [1.165, 1.54) is 0 Å². The topological polar surface area (TPSA) is 66.5 Å². The first-order chi connectivity index (χ1) is 13.1. The molecule has 27 heavy (non-hydrogen) atoms. The van der Waals surface area contributed by atoms with Gasteiger partial charge in [0, 0.05) is 41.7 Å². The molecule has 0 aliphatic carbocycles. The Balaban J connectivity index is 1.80. The molecule has 0 saturated carbocycles. The Bertz CT molecular complexity index is 1020. The molecule has 0 radical (unpaired) electrons. The van der Waals surface area contributed by atoms with Crippen LogP contribution in [0.4, 0.5) is 5.69 Å². The van der Waals surface area contributed by atoms with Crippen LogP contribution < -0.4 is 11.1 Å². The van der Waals surface area contributed by atoms with E-state index in [9.17, 15) is 0 Å². The molecule has 5 nitrogen and oxygen atoms in total. The van der Waals surface area contributed by atoms with Crippen LogP contribution in [0, 0.1) is 0 Å². The second-order valence-electron chi connectivity index (χ2n) is 6.90. The van der Waals surface area contributed by atoms with Gasteiger partial charge < -0.3 is 16.0 Å². The summed E-state index contributed by atoms with van der Waals surface area (Å²) in [4.78, 5) is 11.4. The van der Waals surface area contributed by atoms with Crippen molar-refractivity contribution in [2.45, 2.75) is 13.0 Å². The van der Waals surface area contributed by atoms with E-state index < -0.39 is 0 Å². The van der Waals surface area contributed by atoms with Crippen molar-refractivity contribution in [3.8, 4) is 11.3 Å². The Morgan fingerprint density at radius 1 is 1.11 bits per heavy atom. The van der Waals surface area contributed by atoms with E-state index in [0.717, 1.165) is 39.1 Å². The minimum atomic E-state index is 0.0684. The fourth-order valence-electron chi connectivity index (χ4n) is 3.34. The van der Waals surface area contributed by atoms with E-state index in [-0.39, 0.29) is 6.04 Å². The van der Waals surface area contributed by atoms with Gasteiger partial charge in [0.2, 0.25) is 0 Å². The van der Waals surface area contributed by atoms with Crippen LogP contribution in [0.5, 0.6) is 0 Å². The van der Waals surface area contributed by atoms with E-state index in [0.29, 0.717) is 6.67 Å². The SMILES string of the molecule is C[C@H](NC1=CN(C)CN=C1)c1cc2ccc(N)cc2nc1-c1ccccc1. The molecule has 5 heteroatoms. The smallest absolute Gasteiger partial charge is 0.109 e. The molecule has 0 amide bonds. The number of pyridine rings is 1. The molecule has 0 bridgehead atoms. The lowest BCUT2D eigenvalue weighted by atomic mass is 9.98. The zero-order valence-corrected chi connectivity index (χ0v) is 15.6. The monoisotopic (exact) mass is 357 g/mol. The number of hydrogen-bond acceptors (Lipinski definition) is 5. The van der Waals surface area contributed by atoms with Gasteiger partial charge in [0.1, 0.15) is 6.67 Å². The summed E-state index contributed by atoms with van der Waals surface area (Å²) in [6.45, 7) is 2.84. The van der Waals surface area contributed by atoms with E-state index in [1.54, 1.807) is 0 Å². The van der Waals surface area contributed by atoms with E-state index in [4.69, 9.17) is 10.7 Å². The fraction of sp³-hybridized carbons (Fsp3) is 0.182. The van der Waals surface area contributed by atoms with Crippen molar-refractivity contribution < 1.29 is 0 Å². The van der Waals surface area contributed by atoms with Crippen LogP contribution >= 0.6 is 0 Å². The summed E-state index contributed by atoms with van der Waals surface area (Å²) < 4.78 is 0. The van der Waals surface area contributed by atoms with Gasteiger partial charge in [-0.25, -0.2) is 4.98 Å². The largest absolute Gasteiger partial charge is 0.399 e. The molecule has 0 fully saturated rings. The number of nitrogens with one attached hydrogen (secondary N) is 1.